The quantitative estimate of drug-likeness (QED) is 0.472. The smallest absolute Gasteiger partial charge is 0.317 e. The zero-order chi connectivity index (χ0) is 9.56. The molecule has 1 aliphatic heterocycles. The molecular formula is C9H16O3. The predicted molar refractivity (Wildman–Crippen MR) is 45.5 cm³/mol. The highest BCUT2D eigenvalue weighted by atomic mass is 16.6. The summed E-state index contributed by atoms with van der Waals surface area (Å²) in [5.41, 5.74) is 0. The third-order valence-corrected chi connectivity index (χ3v) is 1.60. The minimum atomic E-state index is -0.372. The Kier molecular flexibility index (Phi) is 5.34. The van der Waals surface area contributed by atoms with E-state index in [1.807, 2.05) is 20.8 Å². The maximum absolute atomic E-state index is 10.7. The molecule has 3 heteroatoms. The molecule has 0 bridgehead atoms. The Morgan fingerprint density at radius 3 is 2.33 bits per heavy atom. The first-order valence-corrected chi connectivity index (χ1v) is 4.48. The average Bonchev–Trinajstić information content (AvgIpc) is 2.35. The SMILES string of the molecule is CC.CCCC1CC(=O)OC1=O. The number of carbonyl (C=O) groups excluding carboxylic acids is 2. The third kappa shape index (κ3) is 3.03. The lowest BCUT2D eigenvalue weighted by molar-refractivity contribution is -0.153. The second-order valence-corrected chi connectivity index (χ2v) is 2.48. The van der Waals surface area contributed by atoms with Gasteiger partial charge in [0.25, 0.3) is 0 Å². The zero-order valence-corrected chi connectivity index (χ0v) is 7.92. The van der Waals surface area contributed by atoms with Crippen molar-refractivity contribution in [1.29, 1.82) is 0 Å². The minimum Gasteiger partial charge on any atom is -0.393 e. The van der Waals surface area contributed by atoms with Crippen molar-refractivity contribution in [2.45, 2.75) is 40.0 Å². The Hall–Kier alpha value is -0.860. The summed E-state index contributed by atoms with van der Waals surface area (Å²) < 4.78 is 4.35. The molecule has 0 amide bonds. The fourth-order valence-electron chi connectivity index (χ4n) is 1.09. The van der Waals surface area contributed by atoms with Gasteiger partial charge in [0.1, 0.15) is 0 Å². The highest BCUT2D eigenvalue weighted by Gasteiger charge is 2.32. The van der Waals surface area contributed by atoms with Crippen LogP contribution in [0.15, 0.2) is 0 Å². The Balaban J connectivity index is 0.000000561. The molecular weight excluding hydrogens is 156 g/mol. The van der Waals surface area contributed by atoms with E-state index < -0.39 is 0 Å². The molecule has 0 aromatic heterocycles. The largest absolute Gasteiger partial charge is 0.393 e. The van der Waals surface area contributed by atoms with E-state index in [1.54, 1.807) is 0 Å². The van der Waals surface area contributed by atoms with E-state index in [-0.39, 0.29) is 24.3 Å². The van der Waals surface area contributed by atoms with Crippen LogP contribution >= 0.6 is 0 Å². The standard InChI is InChI=1S/C7H10O3.C2H6/c1-2-3-5-4-6(8)10-7(5)9;1-2/h5H,2-4H2,1H3;1-2H3. The van der Waals surface area contributed by atoms with E-state index in [0.717, 1.165) is 12.8 Å². The normalized spacial score (nSPS) is 21.4. The van der Waals surface area contributed by atoms with Gasteiger partial charge in [0.05, 0.1) is 12.3 Å². The van der Waals surface area contributed by atoms with Crippen molar-refractivity contribution < 1.29 is 14.3 Å². The van der Waals surface area contributed by atoms with Crippen LogP contribution in [-0.4, -0.2) is 11.9 Å². The van der Waals surface area contributed by atoms with Crippen LogP contribution in [0.1, 0.15) is 40.0 Å². The minimum absolute atomic E-state index is 0.155. The van der Waals surface area contributed by atoms with Crippen LogP contribution in [-0.2, 0) is 14.3 Å². The molecule has 1 aliphatic rings. The van der Waals surface area contributed by atoms with Crippen LogP contribution in [0, 0.1) is 5.92 Å². The van der Waals surface area contributed by atoms with E-state index in [9.17, 15) is 9.59 Å². The fraction of sp³-hybridized carbons (Fsp3) is 0.778. The fourth-order valence-corrected chi connectivity index (χ4v) is 1.09. The van der Waals surface area contributed by atoms with Crippen LogP contribution < -0.4 is 0 Å². The number of rotatable bonds is 2. The van der Waals surface area contributed by atoms with Gasteiger partial charge in [0, 0.05) is 0 Å². The van der Waals surface area contributed by atoms with Crippen LogP contribution in [0.4, 0.5) is 0 Å². The van der Waals surface area contributed by atoms with Crippen molar-refractivity contribution in [3.63, 3.8) is 0 Å². The second kappa shape index (κ2) is 5.75. The topological polar surface area (TPSA) is 43.4 Å². The summed E-state index contributed by atoms with van der Waals surface area (Å²) in [4.78, 5) is 21.2. The maximum Gasteiger partial charge on any atom is 0.317 e. The Labute approximate surface area is 73.1 Å². The van der Waals surface area contributed by atoms with Gasteiger partial charge in [-0.3, -0.25) is 9.59 Å². The van der Waals surface area contributed by atoms with Crippen molar-refractivity contribution in [3.05, 3.63) is 0 Å². The highest BCUT2D eigenvalue weighted by Crippen LogP contribution is 2.20. The van der Waals surface area contributed by atoms with Gasteiger partial charge in [-0.1, -0.05) is 27.2 Å². The van der Waals surface area contributed by atoms with E-state index in [1.165, 1.54) is 0 Å². The molecule has 12 heavy (non-hydrogen) atoms. The van der Waals surface area contributed by atoms with Gasteiger partial charge in [-0.25, -0.2) is 0 Å². The molecule has 0 aromatic carbocycles. The molecule has 3 nitrogen and oxygen atoms in total. The molecule has 1 atom stereocenters. The summed E-state index contributed by atoms with van der Waals surface area (Å²) >= 11 is 0. The predicted octanol–water partition coefficient (Wildman–Crippen LogP) is 1.90. The molecule has 70 valence electrons. The summed E-state index contributed by atoms with van der Waals surface area (Å²) in [6, 6.07) is 0. The van der Waals surface area contributed by atoms with Gasteiger partial charge >= 0.3 is 11.9 Å². The number of hydrogen-bond acceptors (Lipinski definition) is 3. The van der Waals surface area contributed by atoms with Gasteiger partial charge in [0.15, 0.2) is 0 Å². The number of carbonyl (C=O) groups is 2. The van der Waals surface area contributed by atoms with Crippen molar-refractivity contribution in [1.82, 2.24) is 0 Å². The maximum atomic E-state index is 10.7. The summed E-state index contributed by atoms with van der Waals surface area (Å²) in [5.74, 6) is -0.868. The molecule has 0 aromatic rings. The molecule has 1 unspecified atom stereocenters. The summed E-state index contributed by atoms with van der Waals surface area (Å²) in [7, 11) is 0. The van der Waals surface area contributed by atoms with Crippen LogP contribution in [0.25, 0.3) is 0 Å². The first-order chi connectivity index (χ1) is 5.74. The van der Waals surface area contributed by atoms with Crippen molar-refractivity contribution in [3.8, 4) is 0 Å². The molecule has 0 aliphatic carbocycles. The molecule has 1 rings (SSSR count). The number of hydrogen-bond donors (Lipinski definition) is 0. The van der Waals surface area contributed by atoms with Crippen molar-refractivity contribution in [2.24, 2.45) is 5.92 Å². The molecule has 0 spiro atoms. The molecule has 0 saturated carbocycles. The summed E-state index contributed by atoms with van der Waals surface area (Å²) in [6.07, 6.45) is 1.98. The van der Waals surface area contributed by atoms with Crippen molar-refractivity contribution in [2.75, 3.05) is 0 Å². The Bertz CT molecular complexity index is 163. The lowest BCUT2D eigenvalue weighted by Crippen LogP contribution is -2.06. The van der Waals surface area contributed by atoms with Crippen LogP contribution in [0.3, 0.4) is 0 Å². The first-order valence-electron chi connectivity index (χ1n) is 4.48. The monoisotopic (exact) mass is 172 g/mol. The molecule has 1 fully saturated rings. The molecule has 1 saturated heterocycles. The summed E-state index contributed by atoms with van der Waals surface area (Å²) in [5, 5.41) is 0. The second-order valence-electron chi connectivity index (χ2n) is 2.48. The molecule has 0 radical (unpaired) electrons. The van der Waals surface area contributed by atoms with Gasteiger partial charge in [-0.05, 0) is 6.42 Å². The van der Waals surface area contributed by atoms with Crippen LogP contribution in [0.2, 0.25) is 0 Å². The number of esters is 2. The number of ether oxygens (including phenoxy) is 1. The zero-order valence-electron chi connectivity index (χ0n) is 7.92. The highest BCUT2D eigenvalue weighted by molar-refractivity contribution is 5.94. The first kappa shape index (κ1) is 11.1. The van der Waals surface area contributed by atoms with Gasteiger partial charge in [-0.2, -0.15) is 0 Å². The Morgan fingerprint density at radius 1 is 1.42 bits per heavy atom. The summed E-state index contributed by atoms with van der Waals surface area (Å²) in [6.45, 7) is 5.98. The lowest BCUT2D eigenvalue weighted by Gasteiger charge is -1.97. The average molecular weight is 172 g/mol. The lowest BCUT2D eigenvalue weighted by atomic mass is 10.0. The van der Waals surface area contributed by atoms with E-state index in [0.29, 0.717) is 0 Å². The van der Waals surface area contributed by atoms with E-state index in [2.05, 4.69) is 4.74 Å². The van der Waals surface area contributed by atoms with E-state index >= 15 is 0 Å². The van der Waals surface area contributed by atoms with Gasteiger partial charge in [-0.15, -0.1) is 0 Å². The van der Waals surface area contributed by atoms with Crippen LogP contribution in [0.5, 0.6) is 0 Å². The molecule has 0 N–H and O–H groups in total. The number of cyclic esters (lactones) is 2. The van der Waals surface area contributed by atoms with Gasteiger partial charge < -0.3 is 4.74 Å². The van der Waals surface area contributed by atoms with Gasteiger partial charge in [0.2, 0.25) is 0 Å². The van der Waals surface area contributed by atoms with E-state index in [4.69, 9.17) is 0 Å². The molecule has 1 heterocycles. The Morgan fingerprint density at radius 2 is 2.00 bits per heavy atom. The van der Waals surface area contributed by atoms with Crippen molar-refractivity contribution >= 4 is 11.9 Å². The third-order valence-electron chi connectivity index (χ3n) is 1.60.